The van der Waals surface area contributed by atoms with E-state index in [1.54, 1.807) is 0 Å². The Morgan fingerprint density at radius 1 is 1.00 bits per heavy atom. The molecule has 0 amide bonds. The van der Waals surface area contributed by atoms with Crippen molar-refractivity contribution in [2.75, 3.05) is 14.1 Å². The number of carbonyl (C=O) groups is 2. The van der Waals surface area contributed by atoms with Gasteiger partial charge in [0.25, 0.3) is 0 Å². The average molecular weight is 337 g/mol. The first kappa shape index (κ1) is 19.1. The summed E-state index contributed by atoms with van der Waals surface area (Å²) in [5.41, 5.74) is 1.24. The quantitative estimate of drug-likeness (QED) is 0.652. The van der Waals surface area contributed by atoms with E-state index in [4.69, 9.17) is 0 Å². The zero-order valence-electron chi connectivity index (χ0n) is 15.3. The number of hydrogen-bond acceptors (Lipinski definition) is 3. The summed E-state index contributed by atoms with van der Waals surface area (Å²) in [7, 11) is 4.06. The number of carbonyl (C=O) groups excluding carboxylic acids is 2. The molecular formula is C22H27NO2. The minimum atomic E-state index is -0.741. The lowest BCUT2D eigenvalue weighted by Gasteiger charge is -2.37. The molecule has 3 nitrogen and oxygen atoms in total. The molecule has 0 fully saturated rings. The number of Topliss-reactive ketones (excluding diaryl/α,β-unsaturated/α-hetero) is 1. The fourth-order valence-corrected chi connectivity index (χ4v) is 3.31. The van der Waals surface area contributed by atoms with Crippen LogP contribution in [0, 0.1) is 0 Å². The van der Waals surface area contributed by atoms with Crippen LogP contribution in [0.25, 0.3) is 0 Å². The molecule has 2 rings (SSSR count). The second kappa shape index (κ2) is 8.72. The summed E-state index contributed by atoms with van der Waals surface area (Å²) in [6, 6.07) is 20.1. The van der Waals surface area contributed by atoms with Crippen LogP contribution in [-0.2, 0) is 15.0 Å². The smallest absolute Gasteiger partial charge is 0.148 e. The van der Waals surface area contributed by atoms with Gasteiger partial charge in [0.15, 0.2) is 0 Å². The lowest BCUT2D eigenvalue weighted by Crippen LogP contribution is -2.43. The molecule has 0 saturated carbocycles. The van der Waals surface area contributed by atoms with Crippen molar-refractivity contribution in [3.63, 3.8) is 0 Å². The van der Waals surface area contributed by atoms with Gasteiger partial charge in [-0.2, -0.15) is 0 Å². The standard InChI is InChI=1S/C22H27NO2/c1-18(23(2)3)17-22(21(25)15-10-16-24,19-11-6-4-7-12-19)20-13-8-5-9-14-20/h4-9,11-14,16,18H,10,15,17H2,1-3H3. The van der Waals surface area contributed by atoms with E-state index in [1.807, 2.05) is 74.8 Å². The zero-order valence-corrected chi connectivity index (χ0v) is 15.3. The van der Waals surface area contributed by atoms with Crippen LogP contribution >= 0.6 is 0 Å². The van der Waals surface area contributed by atoms with Crippen molar-refractivity contribution in [3.8, 4) is 0 Å². The number of hydrogen-bond donors (Lipinski definition) is 0. The van der Waals surface area contributed by atoms with Crippen molar-refractivity contribution in [3.05, 3.63) is 71.8 Å². The minimum absolute atomic E-state index is 0.103. The minimum Gasteiger partial charge on any atom is -0.307 e. The van der Waals surface area contributed by atoms with Gasteiger partial charge in [0.2, 0.25) is 0 Å². The van der Waals surface area contributed by atoms with Crippen LogP contribution in [0.5, 0.6) is 0 Å². The highest BCUT2D eigenvalue weighted by Gasteiger charge is 2.42. The molecule has 1 unspecified atom stereocenters. The maximum absolute atomic E-state index is 13.4. The molecule has 0 aliphatic rings. The number of ketones is 1. The highest BCUT2D eigenvalue weighted by Crippen LogP contribution is 2.39. The third kappa shape index (κ3) is 4.23. The molecule has 0 aromatic heterocycles. The molecule has 0 bridgehead atoms. The Balaban J connectivity index is 2.64. The Bertz CT molecular complexity index is 640. The van der Waals surface area contributed by atoms with E-state index in [1.165, 1.54) is 0 Å². The lowest BCUT2D eigenvalue weighted by atomic mass is 9.66. The van der Waals surface area contributed by atoms with E-state index in [2.05, 4.69) is 11.8 Å². The van der Waals surface area contributed by atoms with Crippen molar-refractivity contribution < 1.29 is 9.59 Å². The molecule has 0 radical (unpaired) electrons. The van der Waals surface area contributed by atoms with Gasteiger partial charge in [-0.1, -0.05) is 60.7 Å². The SMILES string of the molecule is CC(CC(C(=O)CCC=O)(c1ccccc1)c1ccccc1)N(C)C. The fraction of sp³-hybridized carbons (Fsp3) is 0.364. The molecule has 0 aliphatic heterocycles. The van der Waals surface area contributed by atoms with E-state index >= 15 is 0 Å². The second-order valence-corrected chi connectivity index (χ2v) is 6.78. The highest BCUT2D eigenvalue weighted by atomic mass is 16.1. The predicted molar refractivity (Wildman–Crippen MR) is 102 cm³/mol. The van der Waals surface area contributed by atoms with Gasteiger partial charge in [-0.3, -0.25) is 4.79 Å². The first-order chi connectivity index (χ1) is 12.0. The summed E-state index contributed by atoms with van der Waals surface area (Å²) in [6.07, 6.45) is 2.02. The van der Waals surface area contributed by atoms with Gasteiger partial charge in [-0.25, -0.2) is 0 Å². The molecule has 0 N–H and O–H groups in total. The van der Waals surface area contributed by atoms with Crippen molar-refractivity contribution in [1.29, 1.82) is 0 Å². The van der Waals surface area contributed by atoms with Gasteiger partial charge >= 0.3 is 0 Å². The third-order valence-corrected chi connectivity index (χ3v) is 4.98. The van der Waals surface area contributed by atoms with Crippen molar-refractivity contribution in [2.45, 2.75) is 37.6 Å². The van der Waals surface area contributed by atoms with E-state index in [0.29, 0.717) is 6.42 Å². The van der Waals surface area contributed by atoms with Crippen molar-refractivity contribution in [2.24, 2.45) is 0 Å². The maximum Gasteiger partial charge on any atom is 0.148 e. The van der Waals surface area contributed by atoms with Crippen LogP contribution in [0.15, 0.2) is 60.7 Å². The van der Waals surface area contributed by atoms with Crippen LogP contribution in [0.2, 0.25) is 0 Å². The zero-order chi connectivity index (χ0) is 18.3. The van der Waals surface area contributed by atoms with Crippen LogP contribution < -0.4 is 0 Å². The Morgan fingerprint density at radius 2 is 1.48 bits per heavy atom. The van der Waals surface area contributed by atoms with Crippen molar-refractivity contribution >= 4 is 12.1 Å². The third-order valence-electron chi connectivity index (χ3n) is 4.98. The van der Waals surface area contributed by atoms with E-state index < -0.39 is 5.41 Å². The lowest BCUT2D eigenvalue weighted by molar-refractivity contribution is -0.125. The molecule has 2 aromatic rings. The Morgan fingerprint density at radius 3 is 1.88 bits per heavy atom. The van der Waals surface area contributed by atoms with E-state index in [9.17, 15) is 9.59 Å². The average Bonchev–Trinajstić information content (AvgIpc) is 2.65. The van der Waals surface area contributed by atoms with Gasteiger partial charge in [-0.05, 0) is 38.6 Å². The molecule has 2 aromatic carbocycles. The van der Waals surface area contributed by atoms with E-state index in [0.717, 1.165) is 17.4 Å². The molecule has 132 valence electrons. The molecule has 25 heavy (non-hydrogen) atoms. The normalized spacial score (nSPS) is 12.8. The van der Waals surface area contributed by atoms with Crippen molar-refractivity contribution in [1.82, 2.24) is 4.90 Å². The number of benzene rings is 2. The molecule has 1 atom stereocenters. The van der Waals surface area contributed by atoms with Crippen LogP contribution in [-0.4, -0.2) is 37.1 Å². The first-order valence-electron chi connectivity index (χ1n) is 8.76. The van der Waals surface area contributed by atoms with Crippen LogP contribution in [0.3, 0.4) is 0 Å². The van der Waals surface area contributed by atoms with Gasteiger partial charge in [0.1, 0.15) is 12.1 Å². The fourth-order valence-electron chi connectivity index (χ4n) is 3.31. The van der Waals surface area contributed by atoms with Gasteiger partial charge < -0.3 is 9.69 Å². The predicted octanol–water partition coefficient (Wildman–Crippen LogP) is 3.86. The molecule has 0 saturated heterocycles. The van der Waals surface area contributed by atoms with Gasteiger partial charge in [0, 0.05) is 18.9 Å². The van der Waals surface area contributed by atoms with Crippen LogP contribution in [0.1, 0.15) is 37.3 Å². The summed E-state index contributed by atoms with van der Waals surface area (Å²) in [4.78, 5) is 26.4. The highest BCUT2D eigenvalue weighted by molar-refractivity contribution is 5.94. The Kier molecular flexibility index (Phi) is 6.65. The molecule has 3 heteroatoms. The second-order valence-electron chi connectivity index (χ2n) is 6.78. The molecular weight excluding hydrogens is 310 g/mol. The Hall–Kier alpha value is -2.26. The molecule has 0 spiro atoms. The first-order valence-corrected chi connectivity index (χ1v) is 8.76. The summed E-state index contributed by atoms with van der Waals surface area (Å²) in [6.45, 7) is 2.13. The monoisotopic (exact) mass is 337 g/mol. The largest absolute Gasteiger partial charge is 0.307 e. The summed E-state index contributed by atoms with van der Waals surface area (Å²) < 4.78 is 0. The number of rotatable bonds is 9. The van der Waals surface area contributed by atoms with E-state index in [-0.39, 0.29) is 24.7 Å². The maximum atomic E-state index is 13.4. The summed E-state index contributed by atoms with van der Waals surface area (Å²) >= 11 is 0. The van der Waals surface area contributed by atoms with Gasteiger partial charge in [0.05, 0.1) is 5.41 Å². The van der Waals surface area contributed by atoms with Crippen LogP contribution in [0.4, 0.5) is 0 Å². The number of aldehydes is 1. The molecule has 0 heterocycles. The summed E-state index contributed by atoms with van der Waals surface area (Å²) in [5.74, 6) is 0.103. The molecule has 0 aliphatic carbocycles. The topological polar surface area (TPSA) is 37.4 Å². The van der Waals surface area contributed by atoms with Gasteiger partial charge in [-0.15, -0.1) is 0 Å². The summed E-state index contributed by atoms with van der Waals surface area (Å²) in [5, 5.41) is 0. The Labute approximate surface area is 150 Å². The number of nitrogens with zero attached hydrogens (tertiary/aromatic N) is 1.